The van der Waals surface area contributed by atoms with E-state index in [1.54, 1.807) is 0 Å². The van der Waals surface area contributed by atoms with Crippen molar-refractivity contribution >= 4 is 0 Å². The van der Waals surface area contributed by atoms with E-state index >= 15 is 0 Å². The molecule has 1 aromatic rings. The van der Waals surface area contributed by atoms with E-state index in [0.717, 1.165) is 18.6 Å². The number of hydrogen-bond acceptors (Lipinski definition) is 2. The molecular weight excluding hydrogens is 210 g/mol. The highest BCUT2D eigenvalue weighted by Gasteiger charge is 2.20. The lowest BCUT2D eigenvalue weighted by molar-refractivity contribution is 0.464. The van der Waals surface area contributed by atoms with E-state index in [1.807, 2.05) is 19.9 Å². The van der Waals surface area contributed by atoms with E-state index in [1.165, 1.54) is 6.07 Å². The molecule has 1 rings (SSSR count). The Morgan fingerprint density at radius 3 is 2.38 bits per heavy atom. The van der Waals surface area contributed by atoms with Crippen LogP contribution in [0.4, 0.5) is 8.78 Å². The molecule has 2 atom stereocenters. The van der Waals surface area contributed by atoms with Crippen molar-refractivity contribution in [3.05, 3.63) is 35.4 Å². The molecule has 0 bridgehead atoms. The summed E-state index contributed by atoms with van der Waals surface area (Å²) in [6.45, 7) is 3.80. The zero-order chi connectivity index (χ0) is 12.1. The second-order valence-corrected chi connectivity index (χ2v) is 3.67. The Morgan fingerprint density at radius 1 is 1.38 bits per heavy atom. The van der Waals surface area contributed by atoms with Gasteiger partial charge in [-0.25, -0.2) is 8.78 Å². The minimum atomic E-state index is -0.948. The molecule has 0 heterocycles. The Labute approximate surface area is 93.9 Å². The monoisotopic (exact) mass is 224 g/mol. The zero-order valence-corrected chi connectivity index (χ0v) is 9.30. The largest absolute Gasteiger partial charge is 0.296 e. The summed E-state index contributed by atoms with van der Waals surface area (Å²) in [4.78, 5) is 0. The van der Waals surface area contributed by atoms with Gasteiger partial charge in [-0.2, -0.15) is 5.26 Å². The maximum Gasteiger partial charge on any atom is 0.131 e. The maximum atomic E-state index is 13.4. The number of rotatable bonds is 4. The summed E-state index contributed by atoms with van der Waals surface area (Å²) in [6, 6.07) is 4.55. The van der Waals surface area contributed by atoms with E-state index in [2.05, 4.69) is 5.32 Å². The summed E-state index contributed by atoms with van der Waals surface area (Å²) in [6.07, 6.45) is 0.786. The van der Waals surface area contributed by atoms with E-state index in [4.69, 9.17) is 5.26 Å². The van der Waals surface area contributed by atoms with Crippen LogP contribution in [0.2, 0.25) is 0 Å². The summed E-state index contributed by atoms with van der Waals surface area (Å²) < 4.78 is 26.8. The van der Waals surface area contributed by atoms with Gasteiger partial charge < -0.3 is 0 Å². The van der Waals surface area contributed by atoms with E-state index in [-0.39, 0.29) is 11.6 Å². The lowest BCUT2D eigenvalue weighted by atomic mass is 10.1. The number of nitrogens with zero attached hydrogens (tertiary/aromatic N) is 1. The molecule has 0 saturated heterocycles. The van der Waals surface area contributed by atoms with Crippen molar-refractivity contribution in [3.63, 3.8) is 0 Å². The molecule has 86 valence electrons. The molecule has 0 aliphatic rings. The van der Waals surface area contributed by atoms with Crippen molar-refractivity contribution in [3.8, 4) is 6.07 Å². The third-order valence-electron chi connectivity index (χ3n) is 2.48. The maximum absolute atomic E-state index is 13.4. The third kappa shape index (κ3) is 2.77. The van der Waals surface area contributed by atoms with E-state index < -0.39 is 17.7 Å². The second kappa shape index (κ2) is 5.57. The molecule has 0 radical (unpaired) electrons. The normalized spacial score (nSPS) is 14.2. The van der Waals surface area contributed by atoms with Crippen LogP contribution in [0, 0.1) is 23.0 Å². The number of halogens is 2. The summed E-state index contributed by atoms with van der Waals surface area (Å²) in [5.74, 6) is -1.38. The van der Waals surface area contributed by atoms with Crippen LogP contribution in [0.5, 0.6) is 0 Å². The first kappa shape index (κ1) is 12.6. The van der Waals surface area contributed by atoms with Crippen molar-refractivity contribution in [2.24, 2.45) is 0 Å². The topological polar surface area (TPSA) is 35.8 Å². The number of nitrogens with one attached hydrogen (secondary N) is 1. The van der Waals surface area contributed by atoms with Gasteiger partial charge in [-0.1, -0.05) is 13.0 Å². The van der Waals surface area contributed by atoms with Gasteiger partial charge in [-0.15, -0.1) is 0 Å². The molecule has 2 unspecified atom stereocenters. The summed E-state index contributed by atoms with van der Waals surface area (Å²) in [5, 5.41) is 11.8. The van der Waals surface area contributed by atoms with Gasteiger partial charge in [-0.3, -0.25) is 5.32 Å². The Balaban J connectivity index is 3.00. The average Bonchev–Trinajstić information content (AvgIpc) is 2.27. The number of hydrogen-bond donors (Lipinski definition) is 1. The van der Waals surface area contributed by atoms with Gasteiger partial charge in [0, 0.05) is 6.04 Å². The average molecular weight is 224 g/mol. The highest BCUT2D eigenvalue weighted by Crippen LogP contribution is 2.20. The smallest absolute Gasteiger partial charge is 0.131 e. The molecule has 16 heavy (non-hydrogen) atoms. The van der Waals surface area contributed by atoms with Crippen LogP contribution in [0.25, 0.3) is 0 Å². The van der Waals surface area contributed by atoms with Crippen molar-refractivity contribution in [1.82, 2.24) is 5.32 Å². The lowest BCUT2D eigenvalue weighted by Crippen LogP contribution is -2.30. The second-order valence-electron chi connectivity index (χ2n) is 3.67. The Morgan fingerprint density at radius 2 is 1.94 bits per heavy atom. The highest BCUT2D eigenvalue weighted by atomic mass is 19.1. The molecule has 0 aliphatic carbocycles. The predicted molar refractivity (Wildman–Crippen MR) is 57.6 cm³/mol. The Kier molecular flexibility index (Phi) is 4.39. The molecule has 4 heteroatoms. The minimum absolute atomic E-state index is 0.0312. The van der Waals surface area contributed by atoms with Gasteiger partial charge in [0.1, 0.15) is 17.7 Å². The molecule has 1 aromatic carbocycles. The quantitative estimate of drug-likeness (QED) is 0.853. The van der Waals surface area contributed by atoms with Gasteiger partial charge in [0.15, 0.2) is 0 Å². The van der Waals surface area contributed by atoms with Crippen LogP contribution in [0.3, 0.4) is 0 Å². The zero-order valence-electron chi connectivity index (χ0n) is 9.30. The van der Waals surface area contributed by atoms with Gasteiger partial charge >= 0.3 is 0 Å². The lowest BCUT2D eigenvalue weighted by Gasteiger charge is -2.17. The van der Waals surface area contributed by atoms with Crippen LogP contribution >= 0.6 is 0 Å². The fraction of sp³-hybridized carbons (Fsp3) is 0.417. The van der Waals surface area contributed by atoms with Gasteiger partial charge in [0.2, 0.25) is 0 Å². The molecule has 0 fully saturated rings. The fourth-order valence-electron chi connectivity index (χ4n) is 1.37. The molecule has 0 aliphatic heterocycles. The molecule has 0 amide bonds. The predicted octanol–water partition coefficient (Wildman–Crippen LogP) is 2.92. The molecule has 0 aromatic heterocycles. The van der Waals surface area contributed by atoms with Crippen molar-refractivity contribution in [2.75, 3.05) is 0 Å². The van der Waals surface area contributed by atoms with E-state index in [0.29, 0.717) is 0 Å². The SMILES string of the molecule is CCC(C)NC(C#N)c1c(F)cccc1F. The van der Waals surface area contributed by atoms with Gasteiger partial charge in [-0.05, 0) is 25.5 Å². The van der Waals surface area contributed by atoms with E-state index in [9.17, 15) is 8.78 Å². The van der Waals surface area contributed by atoms with Crippen LogP contribution in [0.1, 0.15) is 31.9 Å². The van der Waals surface area contributed by atoms with Crippen molar-refractivity contribution in [1.29, 1.82) is 5.26 Å². The Bertz CT molecular complexity index is 378. The highest BCUT2D eigenvalue weighted by molar-refractivity contribution is 5.27. The van der Waals surface area contributed by atoms with Crippen LogP contribution in [0.15, 0.2) is 18.2 Å². The summed E-state index contributed by atoms with van der Waals surface area (Å²) in [7, 11) is 0. The molecule has 1 N–H and O–H groups in total. The third-order valence-corrected chi connectivity index (χ3v) is 2.48. The van der Waals surface area contributed by atoms with Crippen molar-refractivity contribution < 1.29 is 8.78 Å². The summed E-state index contributed by atoms with van der Waals surface area (Å²) in [5.41, 5.74) is -0.203. The number of nitriles is 1. The van der Waals surface area contributed by atoms with Crippen LogP contribution in [-0.4, -0.2) is 6.04 Å². The molecule has 2 nitrogen and oxygen atoms in total. The summed E-state index contributed by atoms with van der Waals surface area (Å²) >= 11 is 0. The van der Waals surface area contributed by atoms with Crippen LogP contribution < -0.4 is 5.32 Å². The number of benzene rings is 1. The standard InChI is InChI=1S/C12H14F2N2/c1-3-8(2)16-11(7-15)12-9(13)5-4-6-10(12)14/h4-6,8,11,16H,3H2,1-2H3. The first-order chi connectivity index (χ1) is 7.60. The van der Waals surface area contributed by atoms with Gasteiger partial charge in [0.05, 0.1) is 11.6 Å². The Hall–Kier alpha value is -1.47. The first-order valence-corrected chi connectivity index (χ1v) is 5.19. The molecule has 0 saturated carbocycles. The first-order valence-electron chi connectivity index (χ1n) is 5.19. The van der Waals surface area contributed by atoms with Gasteiger partial charge in [0.25, 0.3) is 0 Å². The minimum Gasteiger partial charge on any atom is -0.296 e. The molecule has 0 spiro atoms. The van der Waals surface area contributed by atoms with Crippen LogP contribution in [-0.2, 0) is 0 Å². The fourth-order valence-corrected chi connectivity index (χ4v) is 1.37. The molecular formula is C12H14F2N2. The van der Waals surface area contributed by atoms with Crippen molar-refractivity contribution in [2.45, 2.75) is 32.4 Å².